The summed E-state index contributed by atoms with van der Waals surface area (Å²) in [5, 5.41) is 0. The number of hydrogen-bond donors (Lipinski definition) is 0. The van der Waals surface area contributed by atoms with Crippen molar-refractivity contribution in [2.75, 3.05) is 0 Å². The lowest BCUT2D eigenvalue weighted by Gasteiger charge is -2.45. The van der Waals surface area contributed by atoms with Crippen LogP contribution in [0.1, 0.15) is 68.2 Å². The van der Waals surface area contributed by atoms with Gasteiger partial charge in [-0.15, -0.1) is 0 Å². The lowest BCUT2D eigenvalue weighted by atomic mass is 9.59. The highest BCUT2D eigenvalue weighted by molar-refractivity contribution is 5.13. The molecule has 0 heterocycles. The summed E-state index contributed by atoms with van der Waals surface area (Å²) < 4.78 is 0. The van der Waals surface area contributed by atoms with Gasteiger partial charge in [0.2, 0.25) is 0 Å². The topological polar surface area (TPSA) is 0 Å². The fraction of sp³-hybridized carbons (Fsp3) is 1.00. The van der Waals surface area contributed by atoms with E-state index in [1.165, 1.54) is 12.8 Å². The zero-order valence-electron chi connectivity index (χ0n) is 13.2. The van der Waals surface area contributed by atoms with Crippen molar-refractivity contribution in [1.82, 2.24) is 0 Å². The van der Waals surface area contributed by atoms with Crippen LogP contribution in [0.5, 0.6) is 0 Å². The van der Waals surface area contributed by atoms with Gasteiger partial charge in [0.25, 0.3) is 0 Å². The van der Waals surface area contributed by atoms with E-state index >= 15 is 0 Å². The quantitative estimate of drug-likeness (QED) is 0.530. The Labute approximate surface area is 109 Å². The van der Waals surface area contributed by atoms with Crippen LogP contribution in [0.3, 0.4) is 0 Å². The number of rotatable bonds is 0. The highest BCUT2D eigenvalue weighted by Crippen LogP contribution is 2.71. The van der Waals surface area contributed by atoms with E-state index in [1.54, 1.807) is 0 Å². The van der Waals surface area contributed by atoms with Gasteiger partial charge in [0.1, 0.15) is 0 Å². The molecule has 0 aromatic carbocycles. The zero-order chi connectivity index (χ0) is 13.2. The fourth-order valence-electron chi connectivity index (χ4n) is 4.95. The Bertz CT molecular complexity index is 278. The maximum absolute atomic E-state index is 2.53. The molecule has 0 spiro atoms. The minimum absolute atomic E-state index is 0.444. The molecule has 0 aliphatic heterocycles. The van der Waals surface area contributed by atoms with Crippen LogP contribution < -0.4 is 0 Å². The van der Waals surface area contributed by atoms with Crippen molar-refractivity contribution in [2.24, 2.45) is 39.9 Å². The van der Waals surface area contributed by atoms with E-state index in [0.717, 1.165) is 23.7 Å². The van der Waals surface area contributed by atoms with E-state index in [0.29, 0.717) is 16.2 Å². The second kappa shape index (κ2) is 3.52. The second-order valence-electron chi connectivity index (χ2n) is 8.71. The van der Waals surface area contributed by atoms with Gasteiger partial charge in [0.05, 0.1) is 0 Å². The van der Waals surface area contributed by atoms with Crippen LogP contribution >= 0.6 is 0 Å². The maximum Gasteiger partial charge on any atom is -0.0246 e. The third-order valence-electron chi connectivity index (χ3n) is 7.78. The first-order chi connectivity index (χ1) is 7.53. The van der Waals surface area contributed by atoms with Crippen LogP contribution in [0.25, 0.3) is 0 Å². The number of fused-ring (bicyclic) bond motifs is 1. The molecule has 0 radical (unpaired) electrons. The molecule has 100 valence electrons. The van der Waals surface area contributed by atoms with Crippen molar-refractivity contribution in [3.63, 3.8) is 0 Å². The van der Waals surface area contributed by atoms with Gasteiger partial charge in [-0.1, -0.05) is 55.4 Å². The molecule has 4 unspecified atom stereocenters. The standard InChI is InChI=1S/C17H32/c1-11-9-13-14(10-12(11)2)16(5,6)17(7,8)15(13,3)4/h11-14H,9-10H2,1-8H3. The Kier molecular flexibility index (Phi) is 2.78. The van der Waals surface area contributed by atoms with E-state index < -0.39 is 0 Å². The molecule has 0 saturated heterocycles. The molecular weight excluding hydrogens is 204 g/mol. The summed E-state index contributed by atoms with van der Waals surface area (Å²) in [4.78, 5) is 0. The summed E-state index contributed by atoms with van der Waals surface area (Å²) in [6.45, 7) is 20.1. The maximum atomic E-state index is 2.53. The average molecular weight is 236 g/mol. The summed E-state index contributed by atoms with van der Waals surface area (Å²) in [7, 11) is 0. The van der Waals surface area contributed by atoms with Crippen molar-refractivity contribution in [3.8, 4) is 0 Å². The zero-order valence-corrected chi connectivity index (χ0v) is 13.2. The molecule has 2 fully saturated rings. The molecule has 0 bridgehead atoms. The molecule has 0 nitrogen and oxygen atoms in total. The Balaban J connectivity index is 2.44. The summed E-state index contributed by atoms with van der Waals surface area (Å²) in [5.41, 5.74) is 1.41. The van der Waals surface area contributed by atoms with Gasteiger partial charge in [-0.3, -0.25) is 0 Å². The first-order valence-corrected chi connectivity index (χ1v) is 7.53. The highest BCUT2D eigenvalue weighted by atomic mass is 14.7. The Hall–Kier alpha value is 0. The van der Waals surface area contributed by atoms with Crippen molar-refractivity contribution in [1.29, 1.82) is 0 Å². The molecule has 0 heteroatoms. The van der Waals surface area contributed by atoms with Gasteiger partial charge in [0.15, 0.2) is 0 Å². The molecule has 2 saturated carbocycles. The van der Waals surface area contributed by atoms with Crippen molar-refractivity contribution in [3.05, 3.63) is 0 Å². The molecule has 17 heavy (non-hydrogen) atoms. The molecule has 0 aromatic heterocycles. The third kappa shape index (κ3) is 1.48. The lowest BCUT2D eigenvalue weighted by Crippen LogP contribution is -2.38. The molecule has 4 atom stereocenters. The fourth-order valence-corrected chi connectivity index (χ4v) is 4.95. The minimum atomic E-state index is 0.444. The Morgan fingerprint density at radius 2 is 0.941 bits per heavy atom. The van der Waals surface area contributed by atoms with Crippen molar-refractivity contribution < 1.29 is 0 Å². The largest absolute Gasteiger partial charge is 0.0622 e. The first kappa shape index (κ1) is 13.4. The SMILES string of the molecule is CC1CC2C(CC1C)C(C)(C)C(C)(C)C2(C)C. The molecular formula is C17H32. The third-order valence-corrected chi connectivity index (χ3v) is 7.78. The summed E-state index contributed by atoms with van der Waals surface area (Å²) in [6, 6.07) is 0. The molecule has 0 amide bonds. The van der Waals surface area contributed by atoms with E-state index in [2.05, 4.69) is 55.4 Å². The predicted octanol–water partition coefficient (Wildman–Crippen LogP) is 5.38. The average Bonchev–Trinajstić information content (AvgIpc) is 2.28. The van der Waals surface area contributed by atoms with Gasteiger partial charge < -0.3 is 0 Å². The van der Waals surface area contributed by atoms with Crippen LogP contribution in [0.2, 0.25) is 0 Å². The van der Waals surface area contributed by atoms with Gasteiger partial charge in [-0.05, 0) is 52.8 Å². The van der Waals surface area contributed by atoms with Crippen molar-refractivity contribution in [2.45, 2.75) is 68.2 Å². The predicted molar refractivity (Wildman–Crippen MR) is 75.9 cm³/mol. The highest BCUT2D eigenvalue weighted by Gasteiger charge is 2.64. The van der Waals surface area contributed by atoms with E-state index in [4.69, 9.17) is 0 Å². The van der Waals surface area contributed by atoms with E-state index in [-0.39, 0.29) is 0 Å². The minimum Gasteiger partial charge on any atom is -0.0622 e. The van der Waals surface area contributed by atoms with Crippen LogP contribution in [0.4, 0.5) is 0 Å². The van der Waals surface area contributed by atoms with Crippen molar-refractivity contribution >= 4 is 0 Å². The molecule has 0 N–H and O–H groups in total. The summed E-state index contributed by atoms with van der Waals surface area (Å²) >= 11 is 0. The second-order valence-corrected chi connectivity index (χ2v) is 8.71. The number of hydrogen-bond acceptors (Lipinski definition) is 0. The normalized spacial score (nSPS) is 46.6. The Morgan fingerprint density at radius 1 is 0.647 bits per heavy atom. The van der Waals surface area contributed by atoms with Crippen LogP contribution in [-0.4, -0.2) is 0 Å². The van der Waals surface area contributed by atoms with Crippen LogP contribution in [-0.2, 0) is 0 Å². The van der Waals surface area contributed by atoms with Gasteiger partial charge in [-0.25, -0.2) is 0 Å². The summed E-state index contributed by atoms with van der Waals surface area (Å²) in [6.07, 6.45) is 2.90. The van der Waals surface area contributed by atoms with Gasteiger partial charge in [0, 0.05) is 0 Å². The lowest BCUT2D eigenvalue weighted by molar-refractivity contribution is 0.0311. The van der Waals surface area contributed by atoms with Gasteiger partial charge >= 0.3 is 0 Å². The van der Waals surface area contributed by atoms with E-state index in [9.17, 15) is 0 Å². The first-order valence-electron chi connectivity index (χ1n) is 7.53. The Morgan fingerprint density at radius 3 is 1.24 bits per heavy atom. The molecule has 0 aromatic rings. The molecule has 2 aliphatic rings. The smallest absolute Gasteiger partial charge is 0.0246 e. The van der Waals surface area contributed by atoms with Gasteiger partial charge in [-0.2, -0.15) is 0 Å². The summed E-state index contributed by atoms with van der Waals surface area (Å²) in [5.74, 6) is 3.69. The van der Waals surface area contributed by atoms with Crippen LogP contribution in [0, 0.1) is 39.9 Å². The molecule has 2 rings (SSSR count). The molecule has 2 aliphatic carbocycles. The monoisotopic (exact) mass is 236 g/mol. The van der Waals surface area contributed by atoms with E-state index in [1.807, 2.05) is 0 Å². The van der Waals surface area contributed by atoms with Crippen LogP contribution in [0.15, 0.2) is 0 Å².